The number of nitrogens with zero attached hydrogens (tertiary/aromatic N) is 1. The number of hydrogen-bond donors (Lipinski definition) is 1. The quantitative estimate of drug-likeness (QED) is 0.831. The minimum Gasteiger partial charge on any atom is -0.497 e. The molecule has 0 unspecified atom stereocenters. The molecule has 0 aromatic heterocycles. The van der Waals surface area contributed by atoms with Crippen LogP contribution in [0.3, 0.4) is 0 Å². The van der Waals surface area contributed by atoms with Gasteiger partial charge in [0.2, 0.25) is 11.8 Å². The Kier molecular flexibility index (Phi) is 5.89. The van der Waals surface area contributed by atoms with E-state index in [1.54, 1.807) is 7.11 Å². The molecule has 136 valence electrons. The Hall–Kier alpha value is -2.82. The maximum Gasteiger partial charge on any atom is 0.224 e. The lowest BCUT2D eigenvalue weighted by atomic mass is 10.1. The maximum atomic E-state index is 12.2. The first-order valence-corrected chi connectivity index (χ1v) is 8.93. The van der Waals surface area contributed by atoms with Gasteiger partial charge in [0.25, 0.3) is 0 Å². The summed E-state index contributed by atoms with van der Waals surface area (Å²) in [6, 6.07) is 15.5. The molecule has 0 aliphatic carbocycles. The summed E-state index contributed by atoms with van der Waals surface area (Å²) in [5, 5.41) is 2.94. The van der Waals surface area contributed by atoms with Crippen molar-refractivity contribution in [1.82, 2.24) is 4.90 Å². The van der Waals surface area contributed by atoms with E-state index in [1.807, 2.05) is 53.4 Å². The Morgan fingerprint density at radius 1 is 1.15 bits per heavy atom. The third-order valence-corrected chi connectivity index (χ3v) is 4.56. The van der Waals surface area contributed by atoms with E-state index in [2.05, 4.69) is 5.32 Å². The van der Waals surface area contributed by atoms with Gasteiger partial charge >= 0.3 is 0 Å². The van der Waals surface area contributed by atoms with Crippen LogP contribution >= 0.6 is 0 Å². The topological polar surface area (TPSA) is 58.6 Å². The second-order valence-corrected chi connectivity index (χ2v) is 6.52. The number of aryl methyl sites for hydroxylation is 1. The molecule has 5 heteroatoms. The van der Waals surface area contributed by atoms with Crippen molar-refractivity contribution in [3.8, 4) is 5.75 Å². The molecule has 0 atom stereocenters. The van der Waals surface area contributed by atoms with Gasteiger partial charge in [0.15, 0.2) is 0 Å². The van der Waals surface area contributed by atoms with Gasteiger partial charge in [-0.1, -0.05) is 24.3 Å². The highest BCUT2D eigenvalue weighted by atomic mass is 16.5. The molecule has 2 aromatic carbocycles. The zero-order chi connectivity index (χ0) is 18.4. The number of carbonyl (C=O) groups excluding carboxylic acids is 2. The molecule has 0 bridgehead atoms. The lowest BCUT2D eigenvalue weighted by molar-refractivity contribution is -0.128. The number of methoxy groups -OCH3 is 1. The largest absolute Gasteiger partial charge is 0.497 e. The average molecular weight is 352 g/mol. The molecule has 0 saturated carbocycles. The van der Waals surface area contributed by atoms with Crippen molar-refractivity contribution in [3.63, 3.8) is 0 Å². The van der Waals surface area contributed by atoms with Crippen molar-refractivity contribution in [3.05, 3.63) is 59.7 Å². The van der Waals surface area contributed by atoms with Gasteiger partial charge < -0.3 is 15.0 Å². The van der Waals surface area contributed by atoms with Crippen LogP contribution in [-0.2, 0) is 22.6 Å². The molecule has 1 N–H and O–H groups in total. The molecular weight excluding hydrogens is 328 g/mol. The fourth-order valence-corrected chi connectivity index (χ4v) is 3.11. The molecule has 1 aliphatic rings. The number of nitrogens with one attached hydrogen (secondary N) is 1. The summed E-state index contributed by atoms with van der Waals surface area (Å²) in [6.45, 7) is 1.42. The molecule has 3 rings (SSSR count). The van der Waals surface area contributed by atoms with Crippen LogP contribution in [0.5, 0.6) is 5.75 Å². The molecule has 1 aliphatic heterocycles. The van der Waals surface area contributed by atoms with Crippen LogP contribution in [0.25, 0.3) is 0 Å². The average Bonchev–Trinajstić information content (AvgIpc) is 3.05. The van der Waals surface area contributed by atoms with E-state index in [9.17, 15) is 9.59 Å². The molecule has 26 heavy (non-hydrogen) atoms. The van der Waals surface area contributed by atoms with Crippen molar-refractivity contribution >= 4 is 17.5 Å². The number of amides is 2. The normalized spacial score (nSPS) is 13.7. The number of likely N-dealkylation sites (tertiary alicyclic amines) is 1. The van der Waals surface area contributed by atoms with Gasteiger partial charge in [0.1, 0.15) is 5.75 Å². The van der Waals surface area contributed by atoms with Crippen LogP contribution < -0.4 is 10.1 Å². The summed E-state index contributed by atoms with van der Waals surface area (Å²) in [6.07, 6.45) is 2.67. The predicted octanol–water partition coefficient (Wildman–Crippen LogP) is 3.39. The molecule has 1 saturated heterocycles. The summed E-state index contributed by atoms with van der Waals surface area (Å²) in [7, 11) is 1.64. The Balaban J connectivity index is 1.51. The number of hydrogen-bond acceptors (Lipinski definition) is 3. The predicted molar refractivity (Wildman–Crippen MR) is 101 cm³/mol. The number of ether oxygens (including phenoxy) is 1. The van der Waals surface area contributed by atoms with Crippen LogP contribution in [0, 0.1) is 0 Å². The highest BCUT2D eigenvalue weighted by Crippen LogP contribution is 2.18. The zero-order valence-electron chi connectivity index (χ0n) is 15.0. The van der Waals surface area contributed by atoms with Crippen LogP contribution in [0.15, 0.2) is 48.5 Å². The fraction of sp³-hybridized carbons (Fsp3) is 0.333. The summed E-state index contributed by atoms with van der Waals surface area (Å²) in [5.41, 5.74) is 2.91. The Morgan fingerprint density at radius 3 is 2.65 bits per heavy atom. The molecule has 1 heterocycles. The summed E-state index contributed by atoms with van der Waals surface area (Å²) in [5.74, 6) is 1.00. The van der Waals surface area contributed by atoms with Crippen molar-refractivity contribution in [2.75, 3.05) is 19.0 Å². The molecule has 0 radical (unpaired) electrons. The van der Waals surface area contributed by atoms with E-state index in [0.29, 0.717) is 25.8 Å². The van der Waals surface area contributed by atoms with E-state index >= 15 is 0 Å². The van der Waals surface area contributed by atoms with Gasteiger partial charge in [-0.2, -0.15) is 0 Å². The van der Waals surface area contributed by atoms with Gasteiger partial charge in [-0.3, -0.25) is 9.59 Å². The Labute approximate surface area is 154 Å². The van der Waals surface area contributed by atoms with Crippen LogP contribution in [0.1, 0.15) is 30.4 Å². The van der Waals surface area contributed by atoms with Gasteiger partial charge in [-0.05, 0) is 48.2 Å². The summed E-state index contributed by atoms with van der Waals surface area (Å²) in [4.78, 5) is 25.8. The number of benzene rings is 2. The van der Waals surface area contributed by atoms with E-state index < -0.39 is 0 Å². The Morgan fingerprint density at radius 2 is 1.96 bits per heavy atom. The SMILES string of the molecule is COc1ccc(CCC(=O)Nc2cccc(CN3CCCC3=O)c2)cc1. The highest BCUT2D eigenvalue weighted by molar-refractivity contribution is 5.90. The molecule has 2 aromatic rings. The van der Waals surface area contributed by atoms with Gasteiger partial charge in [-0.15, -0.1) is 0 Å². The molecule has 5 nitrogen and oxygen atoms in total. The smallest absolute Gasteiger partial charge is 0.224 e. The van der Waals surface area contributed by atoms with Crippen molar-refractivity contribution in [1.29, 1.82) is 0 Å². The van der Waals surface area contributed by atoms with Crippen molar-refractivity contribution < 1.29 is 14.3 Å². The van der Waals surface area contributed by atoms with Crippen LogP contribution in [0.2, 0.25) is 0 Å². The minimum atomic E-state index is -0.0183. The third kappa shape index (κ3) is 4.85. The number of anilines is 1. The maximum absolute atomic E-state index is 12.2. The number of carbonyl (C=O) groups is 2. The summed E-state index contributed by atoms with van der Waals surface area (Å²) >= 11 is 0. The first-order chi connectivity index (χ1) is 12.6. The van der Waals surface area contributed by atoms with E-state index in [-0.39, 0.29) is 11.8 Å². The van der Waals surface area contributed by atoms with Crippen LogP contribution in [0.4, 0.5) is 5.69 Å². The first kappa shape index (κ1) is 18.0. The minimum absolute atomic E-state index is 0.0183. The van der Waals surface area contributed by atoms with Crippen molar-refractivity contribution in [2.24, 2.45) is 0 Å². The fourth-order valence-electron chi connectivity index (χ4n) is 3.11. The van der Waals surface area contributed by atoms with E-state index in [4.69, 9.17) is 4.74 Å². The molecule has 2 amide bonds. The van der Waals surface area contributed by atoms with Crippen molar-refractivity contribution in [2.45, 2.75) is 32.2 Å². The lowest BCUT2D eigenvalue weighted by Gasteiger charge is -2.16. The Bertz CT molecular complexity index is 771. The second kappa shape index (κ2) is 8.52. The second-order valence-electron chi connectivity index (χ2n) is 6.52. The molecule has 1 fully saturated rings. The highest BCUT2D eigenvalue weighted by Gasteiger charge is 2.20. The summed E-state index contributed by atoms with van der Waals surface area (Å²) < 4.78 is 5.14. The number of rotatable bonds is 7. The first-order valence-electron chi connectivity index (χ1n) is 8.93. The van der Waals surface area contributed by atoms with E-state index in [0.717, 1.165) is 35.5 Å². The van der Waals surface area contributed by atoms with Crippen LogP contribution in [-0.4, -0.2) is 30.4 Å². The van der Waals surface area contributed by atoms with Gasteiger partial charge in [0, 0.05) is 31.6 Å². The standard InChI is InChI=1S/C21H24N2O3/c1-26-19-10-7-16(8-11-19)9-12-20(24)22-18-5-2-4-17(14-18)15-23-13-3-6-21(23)25/h2,4-5,7-8,10-11,14H,3,6,9,12-13,15H2,1H3,(H,22,24). The molecule has 0 spiro atoms. The lowest BCUT2D eigenvalue weighted by Crippen LogP contribution is -2.23. The monoisotopic (exact) mass is 352 g/mol. The molecular formula is C21H24N2O3. The van der Waals surface area contributed by atoms with Gasteiger partial charge in [-0.25, -0.2) is 0 Å². The van der Waals surface area contributed by atoms with Gasteiger partial charge in [0.05, 0.1) is 7.11 Å². The van der Waals surface area contributed by atoms with E-state index in [1.165, 1.54) is 0 Å². The third-order valence-electron chi connectivity index (χ3n) is 4.56. The zero-order valence-corrected chi connectivity index (χ0v) is 15.0.